The maximum Gasteiger partial charge on any atom is 0.101 e. The molecule has 1 aromatic rings. The molecule has 0 bridgehead atoms. The van der Waals surface area contributed by atoms with Gasteiger partial charge in [-0.3, -0.25) is 0 Å². The van der Waals surface area contributed by atoms with Crippen LogP contribution in [0, 0.1) is 16.7 Å². The predicted octanol–water partition coefficient (Wildman–Crippen LogP) is 3.18. The van der Waals surface area contributed by atoms with Crippen LogP contribution in [0.4, 0.5) is 5.69 Å². The highest BCUT2D eigenvalue weighted by atomic mass is 15.1. The largest absolute Gasteiger partial charge is 0.370 e. The molecule has 0 aromatic heterocycles. The molecule has 0 aliphatic carbocycles. The molecule has 1 aromatic carbocycles. The van der Waals surface area contributed by atoms with Gasteiger partial charge in [0, 0.05) is 13.1 Å². The number of anilines is 1. The van der Waals surface area contributed by atoms with Crippen LogP contribution in [0.25, 0.3) is 0 Å². The number of nitrogens with zero attached hydrogens (tertiary/aromatic N) is 2. The molecule has 16 heavy (non-hydrogen) atoms. The van der Waals surface area contributed by atoms with Crippen molar-refractivity contribution < 1.29 is 0 Å². The summed E-state index contributed by atoms with van der Waals surface area (Å²) in [4.78, 5) is 2.34. The molecule has 84 valence electrons. The minimum absolute atomic E-state index is 0.456. The maximum absolute atomic E-state index is 9.08. The Balaban J connectivity index is 2.18. The van der Waals surface area contributed by atoms with Crippen LogP contribution >= 0.6 is 0 Å². The van der Waals surface area contributed by atoms with E-state index < -0.39 is 0 Å². The highest BCUT2D eigenvalue weighted by Crippen LogP contribution is 2.33. The summed E-state index contributed by atoms with van der Waals surface area (Å²) in [5.41, 5.74) is 2.35. The Hall–Kier alpha value is -1.49. The summed E-state index contributed by atoms with van der Waals surface area (Å²) in [6.45, 7) is 6.76. The van der Waals surface area contributed by atoms with E-state index in [1.165, 1.54) is 12.8 Å². The number of benzene rings is 1. The van der Waals surface area contributed by atoms with Gasteiger partial charge in [0.25, 0.3) is 0 Å². The molecule has 1 fully saturated rings. The predicted molar refractivity (Wildman–Crippen MR) is 66.4 cm³/mol. The molecule has 0 amide bonds. The van der Waals surface area contributed by atoms with Crippen LogP contribution in [0.15, 0.2) is 24.3 Å². The van der Waals surface area contributed by atoms with Crippen LogP contribution in [-0.4, -0.2) is 13.1 Å². The van der Waals surface area contributed by atoms with Crippen LogP contribution in [0.3, 0.4) is 0 Å². The Morgan fingerprint density at radius 2 is 1.81 bits per heavy atom. The maximum atomic E-state index is 9.08. The molecular weight excluding hydrogens is 196 g/mol. The van der Waals surface area contributed by atoms with E-state index in [1.807, 2.05) is 18.2 Å². The first kappa shape index (κ1) is 11.0. The highest BCUT2D eigenvalue weighted by Gasteiger charge is 2.26. The summed E-state index contributed by atoms with van der Waals surface area (Å²) >= 11 is 0. The summed E-state index contributed by atoms with van der Waals surface area (Å²) in [5.74, 6) is 0. The molecule has 0 spiro atoms. The standard InChI is InChI=1S/C14H18N2/c1-14(2)7-9-16(10-8-14)13-6-4-3-5-12(13)11-15/h3-6H,7-10H2,1-2H3. The molecule has 1 heterocycles. The smallest absolute Gasteiger partial charge is 0.101 e. The normalized spacial score (nSPS) is 19.2. The number of nitriles is 1. The van der Waals surface area contributed by atoms with E-state index in [-0.39, 0.29) is 0 Å². The Morgan fingerprint density at radius 1 is 1.19 bits per heavy atom. The number of piperidine rings is 1. The van der Waals surface area contributed by atoms with E-state index in [1.54, 1.807) is 0 Å². The third-order valence-electron chi connectivity index (χ3n) is 3.48. The van der Waals surface area contributed by atoms with Crippen molar-refractivity contribution in [1.82, 2.24) is 0 Å². The average molecular weight is 214 g/mol. The lowest BCUT2D eigenvalue weighted by Crippen LogP contribution is -2.37. The Kier molecular flexibility index (Phi) is 2.87. The lowest BCUT2D eigenvalue weighted by Gasteiger charge is -2.38. The van der Waals surface area contributed by atoms with Crippen LogP contribution in [0.2, 0.25) is 0 Å². The molecule has 0 unspecified atom stereocenters. The second kappa shape index (κ2) is 4.17. The van der Waals surface area contributed by atoms with Crippen molar-refractivity contribution in [3.05, 3.63) is 29.8 Å². The lowest BCUT2D eigenvalue weighted by molar-refractivity contribution is 0.280. The fourth-order valence-corrected chi connectivity index (χ4v) is 2.20. The minimum Gasteiger partial charge on any atom is -0.370 e. The van der Waals surface area contributed by atoms with Crippen molar-refractivity contribution in [2.75, 3.05) is 18.0 Å². The van der Waals surface area contributed by atoms with Gasteiger partial charge in [-0.15, -0.1) is 0 Å². The first-order valence-electron chi connectivity index (χ1n) is 5.86. The zero-order chi connectivity index (χ0) is 11.6. The van der Waals surface area contributed by atoms with E-state index in [2.05, 4.69) is 30.9 Å². The average Bonchev–Trinajstić information content (AvgIpc) is 2.29. The van der Waals surface area contributed by atoms with Gasteiger partial charge in [0.05, 0.1) is 11.3 Å². The van der Waals surface area contributed by atoms with Gasteiger partial charge >= 0.3 is 0 Å². The van der Waals surface area contributed by atoms with Crippen molar-refractivity contribution in [3.63, 3.8) is 0 Å². The molecule has 2 heteroatoms. The highest BCUT2D eigenvalue weighted by molar-refractivity contribution is 5.59. The third kappa shape index (κ3) is 2.19. The topological polar surface area (TPSA) is 27.0 Å². The zero-order valence-corrected chi connectivity index (χ0v) is 10.0. The third-order valence-corrected chi connectivity index (χ3v) is 3.48. The monoisotopic (exact) mass is 214 g/mol. The molecule has 0 atom stereocenters. The van der Waals surface area contributed by atoms with Gasteiger partial charge in [0.2, 0.25) is 0 Å². The fourth-order valence-electron chi connectivity index (χ4n) is 2.20. The summed E-state index contributed by atoms with van der Waals surface area (Å²) < 4.78 is 0. The molecule has 0 radical (unpaired) electrons. The van der Waals surface area contributed by atoms with E-state index in [9.17, 15) is 0 Å². The Morgan fingerprint density at radius 3 is 2.44 bits per heavy atom. The minimum atomic E-state index is 0.456. The van der Waals surface area contributed by atoms with Crippen LogP contribution in [-0.2, 0) is 0 Å². The fraction of sp³-hybridized carbons (Fsp3) is 0.500. The molecule has 2 nitrogen and oxygen atoms in total. The Bertz CT molecular complexity index is 405. The van der Waals surface area contributed by atoms with E-state index in [0.29, 0.717) is 5.41 Å². The molecule has 0 N–H and O–H groups in total. The van der Waals surface area contributed by atoms with Crippen molar-refractivity contribution in [3.8, 4) is 6.07 Å². The Labute approximate surface area is 97.5 Å². The SMILES string of the molecule is CC1(C)CCN(c2ccccc2C#N)CC1. The van der Waals surface area contributed by atoms with E-state index in [0.717, 1.165) is 24.3 Å². The lowest BCUT2D eigenvalue weighted by atomic mass is 9.82. The molecule has 1 aliphatic heterocycles. The van der Waals surface area contributed by atoms with Crippen molar-refractivity contribution in [2.45, 2.75) is 26.7 Å². The summed E-state index contributed by atoms with van der Waals surface area (Å²) in [6.07, 6.45) is 2.40. The first-order chi connectivity index (χ1) is 7.62. The van der Waals surface area contributed by atoms with Crippen molar-refractivity contribution >= 4 is 5.69 Å². The second-order valence-electron chi connectivity index (χ2n) is 5.28. The van der Waals surface area contributed by atoms with Crippen molar-refractivity contribution in [2.24, 2.45) is 5.41 Å². The number of hydrogen-bond acceptors (Lipinski definition) is 2. The molecule has 2 rings (SSSR count). The van der Waals surface area contributed by atoms with E-state index in [4.69, 9.17) is 5.26 Å². The summed E-state index contributed by atoms with van der Waals surface area (Å²) in [5, 5.41) is 9.08. The molecule has 1 aliphatic rings. The van der Waals surface area contributed by atoms with Gasteiger partial charge in [-0.05, 0) is 30.4 Å². The van der Waals surface area contributed by atoms with Gasteiger partial charge in [-0.1, -0.05) is 26.0 Å². The molecular formula is C14H18N2. The van der Waals surface area contributed by atoms with E-state index >= 15 is 0 Å². The second-order valence-corrected chi connectivity index (χ2v) is 5.28. The van der Waals surface area contributed by atoms with Crippen LogP contribution in [0.1, 0.15) is 32.3 Å². The van der Waals surface area contributed by atoms with Gasteiger partial charge in [0.15, 0.2) is 0 Å². The van der Waals surface area contributed by atoms with Crippen molar-refractivity contribution in [1.29, 1.82) is 5.26 Å². The number of rotatable bonds is 1. The first-order valence-corrected chi connectivity index (χ1v) is 5.86. The van der Waals surface area contributed by atoms with Gasteiger partial charge in [-0.25, -0.2) is 0 Å². The zero-order valence-electron chi connectivity index (χ0n) is 10.0. The molecule has 0 saturated carbocycles. The van der Waals surface area contributed by atoms with Gasteiger partial charge in [0.1, 0.15) is 6.07 Å². The molecule has 1 saturated heterocycles. The van der Waals surface area contributed by atoms with Gasteiger partial charge in [-0.2, -0.15) is 5.26 Å². The van der Waals surface area contributed by atoms with Crippen LogP contribution in [0.5, 0.6) is 0 Å². The number of para-hydroxylation sites is 1. The van der Waals surface area contributed by atoms with Gasteiger partial charge < -0.3 is 4.90 Å². The summed E-state index contributed by atoms with van der Waals surface area (Å²) in [6, 6.07) is 10.2. The quantitative estimate of drug-likeness (QED) is 0.718. The number of hydrogen-bond donors (Lipinski definition) is 0. The summed E-state index contributed by atoms with van der Waals surface area (Å²) in [7, 11) is 0. The van der Waals surface area contributed by atoms with Crippen LogP contribution < -0.4 is 4.90 Å².